The smallest absolute Gasteiger partial charge is 0.262 e. The number of allylic oxidation sites excluding steroid dienone is 2. The zero-order valence-corrected chi connectivity index (χ0v) is 13.7. The lowest BCUT2D eigenvalue weighted by molar-refractivity contribution is 0.0964. The number of fused-ring (bicyclic) bond motifs is 1. The third kappa shape index (κ3) is 2.91. The van der Waals surface area contributed by atoms with Crippen molar-refractivity contribution in [3.05, 3.63) is 71.4 Å². The molecular formula is C20H19NO3. The molecule has 0 bridgehead atoms. The minimum atomic E-state index is -0.245. The van der Waals surface area contributed by atoms with Crippen LogP contribution in [0.15, 0.2) is 60.3 Å². The molecule has 0 saturated carbocycles. The van der Waals surface area contributed by atoms with Crippen molar-refractivity contribution in [2.24, 2.45) is 0 Å². The molecule has 0 spiro atoms. The van der Waals surface area contributed by atoms with Crippen LogP contribution >= 0.6 is 0 Å². The fourth-order valence-corrected chi connectivity index (χ4v) is 2.66. The van der Waals surface area contributed by atoms with E-state index in [1.54, 1.807) is 24.3 Å². The molecule has 1 heterocycles. The quantitative estimate of drug-likeness (QED) is 0.709. The molecule has 2 aromatic carbocycles. The maximum Gasteiger partial charge on any atom is 0.262 e. The van der Waals surface area contributed by atoms with Crippen molar-refractivity contribution in [3.63, 3.8) is 0 Å². The van der Waals surface area contributed by atoms with Crippen molar-refractivity contribution in [1.82, 2.24) is 4.57 Å². The van der Waals surface area contributed by atoms with Gasteiger partial charge in [0.2, 0.25) is 0 Å². The van der Waals surface area contributed by atoms with Gasteiger partial charge in [-0.3, -0.25) is 9.36 Å². The third-order valence-electron chi connectivity index (χ3n) is 3.97. The van der Waals surface area contributed by atoms with Crippen LogP contribution < -0.4 is 0 Å². The number of phenols is 1. The zero-order chi connectivity index (χ0) is 17.3. The largest absolute Gasteiger partial charge is 0.508 e. The number of phenolic OH excluding ortho intramolecular Hbond substituents is 1. The van der Waals surface area contributed by atoms with Gasteiger partial charge < -0.3 is 10.2 Å². The van der Waals surface area contributed by atoms with Crippen molar-refractivity contribution >= 4 is 16.8 Å². The van der Waals surface area contributed by atoms with E-state index in [-0.39, 0.29) is 17.4 Å². The minimum absolute atomic E-state index is 0.0718. The second kappa shape index (κ2) is 6.24. The Morgan fingerprint density at radius 2 is 1.83 bits per heavy atom. The van der Waals surface area contributed by atoms with Crippen molar-refractivity contribution in [3.8, 4) is 11.5 Å². The van der Waals surface area contributed by atoms with Crippen LogP contribution in [0.4, 0.5) is 0 Å². The Kier molecular flexibility index (Phi) is 4.13. The number of aromatic nitrogens is 1. The number of aromatic hydroxyl groups is 2. The van der Waals surface area contributed by atoms with E-state index in [0.29, 0.717) is 28.5 Å². The Morgan fingerprint density at radius 3 is 2.58 bits per heavy atom. The molecule has 4 heteroatoms. The summed E-state index contributed by atoms with van der Waals surface area (Å²) in [5, 5.41) is 20.6. The van der Waals surface area contributed by atoms with Gasteiger partial charge in [-0.15, -0.1) is 0 Å². The van der Waals surface area contributed by atoms with Crippen molar-refractivity contribution in [2.45, 2.75) is 20.3 Å². The van der Waals surface area contributed by atoms with Crippen LogP contribution in [0.2, 0.25) is 0 Å². The Hall–Kier alpha value is -3.01. The fourth-order valence-electron chi connectivity index (χ4n) is 2.66. The second-order valence-electron chi connectivity index (χ2n) is 6.04. The summed E-state index contributed by atoms with van der Waals surface area (Å²) in [6.45, 7) is 3.97. The maximum absolute atomic E-state index is 12.8. The lowest BCUT2D eigenvalue weighted by atomic mass is 10.0. The van der Waals surface area contributed by atoms with Gasteiger partial charge in [-0.2, -0.15) is 0 Å². The molecule has 24 heavy (non-hydrogen) atoms. The maximum atomic E-state index is 12.8. The summed E-state index contributed by atoms with van der Waals surface area (Å²) >= 11 is 0. The van der Waals surface area contributed by atoms with Gasteiger partial charge in [0, 0.05) is 10.9 Å². The van der Waals surface area contributed by atoms with E-state index in [2.05, 4.69) is 0 Å². The van der Waals surface area contributed by atoms with Crippen LogP contribution in [0.25, 0.3) is 10.9 Å². The summed E-state index contributed by atoms with van der Waals surface area (Å²) in [4.78, 5) is 12.8. The molecule has 0 unspecified atom stereocenters. The van der Waals surface area contributed by atoms with Gasteiger partial charge in [0.25, 0.3) is 5.91 Å². The molecule has 2 N–H and O–H groups in total. The SMILES string of the molecule is CC(C)=CCc1cc(C(=O)n2cc(O)c3ccccc32)ccc1O. The predicted molar refractivity (Wildman–Crippen MR) is 94.6 cm³/mol. The average molecular weight is 321 g/mol. The molecule has 0 aliphatic carbocycles. The summed E-state index contributed by atoms with van der Waals surface area (Å²) in [5.74, 6) is -0.00305. The number of nitrogens with zero attached hydrogens (tertiary/aromatic N) is 1. The van der Waals surface area contributed by atoms with Crippen LogP contribution in [0, 0.1) is 0 Å². The molecule has 0 fully saturated rings. The highest BCUT2D eigenvalue weighted by atomic mass is 16.3. The first-order chi connectivity index (χ1) is 11.5. The summed E-state index contributed by atoms with van der Waals surface area (Å²) in [6.07, 6.45) is 3.99. The monoisotopic (exact) mass is 321 g/mol. The van der Waals surface area contributed by atoms with Gasteiger partial charge in [0.15, 0.2) is 0 Å². The topological polar surface area (TPSA) is 62.5 Å². The molecule has 3 aromatic rings. The van der Waals surface area contributed by atoms with Crippen molar-refractivity contribution < 1.29 is 15.0 Å². The molecule has 1 aromatic heterocycles. The Morgan fingerprint density at radius 1 is 1.08 bits per heavy atom. The number of para-hydroxylation sites is 1. The van der Waals surface area contributed by atoms with Crippen LogP contribution in [0.3, 0.4) is 0 Å². The molecule has 0 aliphatic rings. The van der Waals surface area contributed by atoms with E-state index < -0.39 is 0 Å². The molecule has 3 rings (SSSR count). The van der Waals surface area contributed by atoms with Gasteiger partial charge in [-0.1, -0.05) is 23.8 Å². The van der Waals surface area contributed by atoms with Crippen LogP contribution in [0.1, 0.15) is 29.8 Å². The molecular weight excluding hydrogens is 302 g/mol. The highest BCUT2D eigenvalue weighted by Gasteiger charge is 2.15. The summed E-state index contributed by atoms with van der Waals surface area (Å²) in [5.41, 5.74) is 2.96. The third-order valence-corrected chi connectivity index (χ3v) is 3.97. The van der Waals surface area contributed by atoms with Crippen molar-refractivity contribution in [2.75, 3.05) is 0 Å². The lowest BCUT2D eigenvalue weighted by Gasteiger charge is -2.08. The van der Waals surface area contributed by atoms with E-state index in [1.807, 2.05) is 32.1 Å². The number of hydrogen-bond acceptors (Lipinski definition) is 3. The summed E-state index contributed by atoms with van der Waals surface area (Å²) in [7, 11) is 0. The molecule has 0 atom stereocenters. The van der Waals surface area contributed by atoms with Crippen LogP contribution in [-0.2, 0) is 6.42 Å². The normalized spacial score (nSPS) is 10.8. The van der Waals surface area contributed by atoms with Gasteiger partial charge in [-0.05, 0) is 56.2 Å². The van der Waals surface area contributed by atoms with Gasteiger partial charge in [0.1, 0.15) is 11.5 Å². The Labute approximate surface area is 140 Å². The van der Waals surface area contributed by atoms with E-state index in [4.69, 9.17) is 0 Å². The summed E-state index contributed by atoms with van der Waals surface area (Å²) < 4.78 is 1.43. The standard InChI is InChI=1S/C20H19NO3/c1-13(2)7-8-14-11-15(9-10-18(14)22)20(24)21-12-19(23)16-5-3-4-6-17(16)21/h3-7,9-12,22-23H,8H2,1-2H3. The van der Waals surface area contributed by atoms with Crippen molar-refractivity contribution in [1.29, 1.82) is 0 Å². The lowest BCUT2D eigenvalue weighted by Crippen LogP contribution is -2.11. The van der Waals surface area contributed by atoms with Crippen LogP contribution in [-0.4, -0.2) is 20.7 Å². The number of hydrogen-bond donors (Lipinski definition) is 2. The van der Waals surface area contributed by atoms with E-state index in [0.717, 1.165) is 5.57 Å². The first kappa shape index (κ1) is 15.9. The highest BCUT2D eigenvalue weighted by molar-refractivity contribution is 6.03. The minimum Gasteiger partial charge on any atom is -0.508 e. The van der Waals surface area contributed by atoms with Gasteiger partial charge in [0.05, 0.1) is 11.7 Å². The molecule has 0 aliphatic heterocycles. The fraction of sp³-hybridized carbons (Fsp3) is 0.150. The van der Waals surface area contributed by atoms with E-state index in [1.165, 1.54) is 16.8 Å². The van der Waals surface area contributed by atoms with E-state index in [9.17, 15) is 15.0 Å². The van der Waals surface area contributed by atoms with E-state index >= 15 is 0 Å². The zero-order valence-electron chi connectivity index (χ0n) is 13.7. The number of rotatable bonds is 3. The number of carbonyl (C=O) groups is 1. The molecule has 0 amide bonds. The predicted octanol–water partition coefficient (Wildman–Crippen LogP) is 4.25. The van der Waals surface area contributed by atoms with Gasteiger partial charge in [-0.25, -0.2) is 0 Å². The average Bonchev–Trinajstić information content (AvgIpc) is 2.91. The highest BCUT2D eigenvalue weighted by Crippen LogP contribution is 2.28. The van der Waals surface area contributed by atoms with Gasteiger partial charge >= 0.3 is 0 Å². The molecule has 0 saturated heterocycles. The number of carbonyl (C=O) groups excluding carboxylic acids is 1. The molecule has 122 valence electrons. The Bertz CT molecular complexity index is 947. The second-order valence-corrected chi connectivity index (χ2v) is 6.04. The number of benzene rings is 2. The molecule has 4 nitrogen and oxygen atoms in total. The Balaban J connectivity index is 2.03. The van der Waals surface area contributed by atoms with Crippen LogP contribution in [0.5, 0.6) is 11.5 Å². The molecule has 0 radical (unpaired) electrons. The first-order valence-corrected chi connectivity index (χ1v) is 7.76. The first-order valence-electron chi connectivity index (χ1n) is 7.76. The summed E-state index contributed by atoms with van der Waals surface area (Å²) in [6, 6.07) is 12.0.